The van der Waals surface area contributed by atoms with E-state index < -0.39 is 31.0 Å². The van der Waals surface area contributed by atoms with Crippen LogP contribution in [-0.2, 0) is 23.6 Å². The summed E-state index contributed by atoms with van der Waals surface area (Å²) in [5.41, 5.74) is 1.06. The Hall–Kier alpha value is -4.55. The van der Waals surface area contributed by atoms with E-state index in [1.807, 2.05) is 11.0 Å². The van der Waals surface area contributed by atoms with Crippen molar-refractivity contribution in [2.45, 2.75) is 45.2 Å². The lowest BCUT2D eigenvalue weighted by Crippen LogP contribution is -2.38. The fraction of sp³-hybridized carbons (Fsp3) is 0.344. The molecule has 0 aliphatic carbocycles. The highest BCUT2D eigenvalue weighted by Crippen LogP contribution is 2.49. The quantitative estimate of drug-likeness (QED) is 0.249. The highest BCUT2D eigenvalue weighted by atomic mass is 35.5. The number of aromatic carboxylic acids is 1. The Morgan fingerprint density at radius 2 is 2.13 bits per heavy atom. The van der Waals surface area contributed by atoms with Crippen molar-refractivity contribution in [2.24, 2.45) is 5.10 Å². The van der Waals surface area contributed by atoms with E-state index in [2.05, 4.69) is 5.10 Å². The fourth-order valence-electron chi connectivity index (χ4n) is 5.70. The largest absolute Gasteiger partial charge is 0.492 e. The first-order valence-electron chi connectivity index (χ1n) is 16.7. The summed E-state index contributed by atoms with van der Waals surface area (Å²) >= 11 is 5.95. The number of fused-ring (bicyclic) bond motifs is 2. The molecule has 3 aliphatic heterocycles. The zero-order valence-electron chi connectivity index (χ0n) is 29.0. The van der Waals surface area contributed by atoms with E-state index in [0.29, 0.717) is 54.8 Å². The molecule has 0 amide bonds. The Balaban J connectivity index is 1.17. The Morgan fingerprint density at radius 1 is 1.27 bits per heavy atom. The van der Waals surface area contributed by atoms with E-state index in [4.69, 9.17) is 42.4 Å². The van der Waals surface area contributed by atoms with Crippen LogP contribution in [0.1, 0.15) is 48.8 Å². The van der Waals surface area contributed by atoms with E-state index in [-0.39, 0.29) is 40.1 Å². The van der Waals surface area contributed by atoms with Gasteiger partial charge in [0, 0.05) is 29.2 Å². The van der Waals surface area contributed by atoms with E-state index in [1.165, 1.54) is 18.2 Å². The van der Waals surface area contributed by atoms with Crippen LogP contribution in [0.2, 0.25) is 5.02 Å². The number of carbonyl (C=O) groups is 1. The van der Waals surface area contributed by atoms with E-state index in [0.717, 1.165) is 12.5 Å². The molecule has 1 aromatic heterocycles. The van der Waals surface area contributed by atoms with Gasteiger partial charge in [0.25, 0.3) is 5.79 Å². The topological polar surface area (TPSA) is 111 Å². The van der Waals surface area contributed by atoms with Crippen LogP contribution in [-0.4, -0.2) is 64.3 Å². The average molecular weight is 641 g/mol. The van der Waals surface area contributed by atoms with Gasteiger partial charge in [-0.1, -0.05) is 17.7 Å². The second-order valence-electron chi connectivity index (χ2n) is 11.0. The average Bonchev–Trinajstić information content (AvgIpc) is 3.55. The second-order valence-corrected chi connectivity index (χ2v) is 11.4. The van der Waals surface area contributed by atoms with Gasteiger partial charge < -0.3 is 33.5 Å². The van der Waals surface area contributed by atoms with Gasteiger partial charge in [0.05, 0.1) is 57.4 Å². The lowest BCUT2D eigenvalue weighted by atomic mass is 10.1. The lowest BCUT2D eigenvalue weighted by molar-refractivity contribution is -0.0705. The number of ether oxygens (including phenoxy) is 4. The maximum absolute atomic E-state index is 14.9. The molecule has 4 aromatic rings. The van der Waals surface area contributed by atoms with Crippen molar-refractivity contribution in [1.29, 1.82) is 0 Å². The predicted octanol–water partition coefficient (Wildman–Crippen LogP) is 5.62. The van der Waals surface area contributed by atoms with Crippen LogP contribution >= 0.6 is 11.6 Å². The number of carboxylic acid groups (broad SMARTS) is 1. The molecule has 0 bridgehead atoms. The van der Waals surface area contributed by atoms with Crippen molar-refractivity contribution in [1.82, 2.24) is 14.6 Å². The monoisotopic (exact) mass is 640 g/mol. The summed E-state index contributed by atoms with van der Waals surface area (Å²) in [4.78, 5) is 18.6. The van der Waals surface area contributed by atoms with Crippen LogP contribution in [0, 0.1) is 5.82 Å². The van der Waals surface area contributed by atoms with Crippen LogP contribution in [0.3, 0.4) is 0 Å². The van der Waals surface area contributed by atoms with Gasteiger partial charge in [-0.15, -0.1) is 0 Å². The predicted molar refractivity (Wildman–Crippen MR) is 165 cm³/mol. The number of rotatable bonds is 9. The minimum atomic E-state index is -3.15. The molecule has 2 atom stereocenters. The van der Waals surface area contributed by atoms with Crippen molar-refractivity contribution in [3.05, 3.63) is 76.3 Å². The molecular formula is C32H31ClFN5O6. The molecule has 0 radical (unpaired) electrons. The number of hydrogen-bond donors (Lipinski definition) is 1. The third-order valence-electron chi connectivity index (χ3n) is 8.05. The molecular weight excluding hydrogens is 605 g/mol. The van der Waals surface area contributed by atoms with Crippen molar-refractivity contribution in [3.63, 3.8) is 0 Å². The maximum atomic E-state index is 14.9. The summed E-state index contributed by atoms with van der Waals surface area (Å²) in [6.07, 6.45) is 2.23. The number of para-hydroxylation sites is 1. The molecule has 3 aromatic carbocycles. The van der Waals surface area contributed by atoms with Crippen molar-refractivity contribution < 1.29 is 40.1 Å². The molecule has 0 spiro atoms. The van der Waals surface area contributed by atoms with Gasteiger partial charge in [0.15, 0.2) is 11.5 Å². The summed E-state index contributed by atoms with van der Waals surface area (Å²) in [5, 5.41) is 16.5. The van der Waals surface area contributed by atoms with Gasteiger partial charge in [-0.25, -0.2) is 14.2 Å². The molecule has 1 saturated heterocycles. The van der Waals surface area contributed by atoms with Crippen LogP contribution in [0.25, 0.3) is 11.0 Å². The highest BCUT2D eigenvalue weighted by Gasteiger charge is 2.42. The van der Waals surface area contributed by atoms with E-state index in [9.17, 15) is 14.3 Å². The van der Waals surface area contributed by atoms with Gasteiger partial charge in [0.1, 0.15) is 29.2 Å². The van der Waals surface area contributed by atoms with Crippen LogP contribution in [0.5, 0.6) is 17.2 Å². The van der Waals surface area contributed by atoms with Gasteiger partial charge in [0.2, 0.25) is 0 Å². The minimum Gasteiger partial charge on any atom is -0.492 e. The van der Waals surface area contributed by atoms with Crippen molar-refractivity contribution >= 4 is 40.6 Å². The number of benzene rings is 3. The lowest BCUT2D eigenvalue weighted by Gasteiger charge is -2.31. The standard InChI is InChI=1S/C32H31ClFN5O6/c1-3-42-27-14-19(31(40)41)13-25-29(27)36-28(39(25)16-21-9-12-43-21)17-38-11-10-37(18-35-38)24-5-4-6-26-30(24)45-32(2,44-26)22-8-7-20(33)15-23(22)34/h4-8,13-15,18,21H,3,9-12,16-17H2,1-2H3,(H,40,41)/t21-,32+/m0/s1/i1D3,3D2. The number of halogens is 2. The molecule has 7 rings (SSSR count). The number of aromatic nitrogens is 2. The van der Waals surface area contributed by atoms with Gasteiger partial charge in [-0.2, -0.15) is 5.10 Å². The normalized spacial score (nSPS) is 22.7. The fourth-order valence-corrected chi connectivity index (χ4v) is 5.86. The van der Waals surface area contributed by atoms with Gasteiger partial charge >= 0.3 is 5.97 Å². The Bertz CT molecular complexity index is 2030. The number of hydrogen-bond acceptors (Lipinski definition) is 9. The molecule has 4 heterocycles. The maximum Gasteiger partial charge on any atom is 0.335 e. The first-order valence-corrected chi connectivity index (χ1v) is 14.6. The molecule has 13 heteroatoms. The summed E-state index contributed by atoms with van der Waals surface area (Å²) in [6, 6.07) is 12.1. The Morgan fingerprint density at radius 3 is 2.84 bits per heavy atom. The van der Waals surface area contributed by atoms with Gasteiger partial charge in [-0.05, 0) is 55.7 Å². The molecule has 11 nitrogen and oxygen atoms in total. The van der Waals surface area contributed by atoms with E-state index in [1.54, 1.807) is 41.0 Å². The SMILES string of the molecule is [2H]C([2H])([2H])C([2H])([2H])Oc1cc(C(=O)O)cc2c1nc(CN1CCN(c3cccc4c3O[C@](C)(c3ccc(Cl)cc3F)O4)C=N1)n2C[C@@H]1CCO1. The van der Waals surface area contributed by atoms with E-state index >= 15 is 0 Å². The first-order chi connectivity index (χ1) is 23.6. The zero-order chi connectivity index (χ0) is 35.6. The molecule has 0 saturated carbocycles. The zero-order valence-corrected chi connectivity index (χ0v) is 24.8. The Labute approximate surface area is 270 Å². The highest BCUT2D eigenvalue weighted by molar-refractivity contribution is 6.30. The van der Waals surface area contributed by atoms with Crippen LogP contribution < -0.4 is 19.1 Å². The molecule has 3 aliphatic rings. The van der Waals surface area contributed by atoms with Gasteiger partial charge in [-0.3, -0.25) is 5.01 Å². The number of carboxylic acids is 1. The Kier molecular flexibility index (Phi) is 6.04. The summed E-state index contributed by atoms with van der Waals surface area (Å²) in [5.74, 6) is -2.29. The molecule has 234 valence electrons. The minimum absolute atomic E-state index is 0.109. The number of anilines is 1. The molecule has 45 heavy (non-hydrogen) atoms. The third kappa shape index (κ3) is 5.38. The molecule has 0 unspecified atom stereocenters. The first kappa shape index (κ1) is 23.8. The molecule has 1 N–H and O–H groups in total. The van der Waals surface area contributed by atoms with Crippen LogP contribution in [0.4, 0.5) is 10.1 Å². The summed E-state index contributed by atoms with van der Waals surface area (Å²) < 4.78 is 78.7. The molecule has 1 fully saturated rings. The number of imidazole rings is 1. The number of nitrogens with zero attached hydrogens (tertiary/aromatic N) is 5. The third-order valence-corrected chi connectivity index (χ3v) is 8.29. The second kappa shape index (κ2) is 11.4. The smallest absolute Gasteiger partial charge is 0.335 e. The van der Waals surface area contributed by atoms with Crippen molar-refractivity contribution in [3.8, 4) is 17.2 Å². The number of hydrazone groups is 1. The van der Waals surface area contributed by atoms with Crippen LogP contribution in [0.15, 0.2) is 53.6 Å². The summed E-state index contributed by atoms with van der Waals surface area (Å²) in [7, 11) is 0. The van der Waals surface area contributed by atoms with Crippen molar-refractivity contribution in [2.75, 3.05) is 31.2 Å². The summed E-state index contributed by atoms with van der Waals surface area (Å²) in [6.45, 7) is -2.70.